The Labute approximate surface area is 86.5 Å². The molecule has 2 aromatic rings. The Morgan fingerprint density at radius 2 is 2.00 bits per heavy atom. The van der Waals surface area contributed by atoms with Gasteiger partial charge in [0.1, 0.15) is 5.02 Å². The van der Waals surface area contributed by atoms with E-state index < -0.39 is 0 Å². The Hall–Kier alpha value is -1.28. The molecular weight excluding hydrogens is 198 g/mol. The van der Waals surface area contributed by atoms with E-state index in [9.17, 15) is 4.79 Å². The van der Waals surface area contributed by atoms with E-state index in [1.807, 2.05) is 19.1 Å². The number of H-pyrrole nitrogens is 1. The lowest BCUT2D eigenvalue weighted by Crippen LogP contribution is -2.06. The highest BCUT2D eigenvalue weighted by atomic mass is 35.5. The van der Waals surface area contributed by atoms with Gasteiger partial charge in [0.2, 0.25) is 5.43 Å². The first kappa shape index (κ1) is 9.28. The monoisotopic (exact) mass is 207 g/mol. The molecule has 0 atom stereocenters. The highest BCUT2D eigenvalue weighted by Gasteiger charge is 2.07. The average Bonchev–Trinajstić information content (AvgIpc) is 2.17. The lowest BCUT2D eigenvalue weighted by molar-refractivity contribution is 1.23. The van der Waals surface area contributed by atoms with Gasteiger partial charge in [-0.25, -0.2) is 0 Å². The van der Waals surface area contributed by atoms with Gasteiger partial charge in [-0.2, -0.15) is 0 Å². The molecule has 1 heterocycles. The first-order valence-corrected chi connectivity index (χ1v) is 4.77. The third kappa shape index (κ3) is 1.23. The molecule has 1 aromatic carbocycles. The molecule has 0 bridgehead atoms. The van der Waals surface area contributed by atoms with Crippen LogP contribution in [0.2, 0.25) is 5.02 Å². The summed E-state index contributed by atoms with van der Waals surface area (Å²) in [6, 6.07) is 5.61. The van der Waals surface area contributed by atoms with E-state index in [-0.39, 0.29) is 10.5 Å². The van der Waals surface area contributed by atoms with Gasteiger partial charge in [-0.3, -0.25) is 4.79 Å². The number of halogens is 1. The van der Waals surface area contributed by atoms with Crippen LogP contribution in [0.4, 0.5) is 0 Å². The minimum atomic E-state index is -0.0957. The zero-order chi connectivity index (χ0) is 10.3. The van der Waals surface area contributed by atoms with Crippen LogP contribution in [0, 0.1) is 13.8 Å². The summed E-state index contributed by atoms with van der Waals surface area (Å²) in [5, 5.41) is 0.934. The molecule has 0 saturated heterocycles. The van der Waals surface area contributed by atoms with Crippen LogP contribution in [0.15, 0.2) is 23.0 Å². The summed E-state index contributed by atoms with van der Waals surface area (Å²) in [6.07, 6.45) is 0. The Bertz CT molecular complexity index is 557. The molecule has 2 rings (SSSR count). The number of hydrogen-bond donors (Lipinski definition) is 1. The zero-order valence-electron chi connectivity index (χ0n) is 8.02. The summed E-state index contributed by atoms with van der Waals surface area (Å²) in [7, 11) is 0. The summed E-state index contributed by atoms with van der Waals surface area (Å²) < 4.78 is 0. The molecule has 1 aromatic heterocycles. The number of nitrogens with one attached hydrogen (secondary N) is 1. The summed E-state index contributed by atoms with van der Waals surface area (Å²) in [6.45, 7) is 3.77. The van der Waals surface area contributed by atoms with Crippen molar-refractivity contribution in [3.05, 3.63) is 44.7 Å². The van der Waals surface area contributed by atoms with E-state index >= 15 is 0 Å². The van der Waals surface area contributed by atoms with Gasteiger partial charge in [0.05, 0.1) is 5.52 Å². The zero-order valence-corrected chi connectivity index (χ0v) is 8.77. The fourth-order valence-corrected chi connectivity index (χ4v) is 1.70. The molecule has 0 unspecified atom stereocenters. The fourth-order valence-electron chi connectivity index (χ4n) is 1.55. The number of rotatable bonds is 0. The van der Waals surface area contributed by atoms with Crippen LogP contribution in [0.3, 0.4) is 0 Å². The van der Waals surface area contributed by atoms with Crippen LogP contribution in [-0.2, 0) is 0 Å². The van der Waals surface area contributed by atoms with Gasteiger partial charge in [0.15, 0.2) is 0 Å². The standard InChI is InChI=1S/C11H10ClNO/c1-6-4-3-5-8-10(6)13-7(2)9(12)11(8)14/h3-5H,1-2H3,(H,13,14). The molecule has 0 aliphatic rings. The third-order valence-electron chi connectivity index (χ3n) is 2.36. The van der Waals surface area contributed by atoms with Crippen molar-refractivity contribution in [3.8, 4) is 0 Å². The number of hydrogen-bond acceptors (Lipinski definition) is 1. The first-order chi connectivity index (χ1) is 6.61. The molecule has 3 heteroatoms. The number of para-hydroxylation sites is 1. The molecule has 14 heavy (non-hydrogen) atoms. The van der Waals surface area contributed by atoms with Crippen molar-refractivity contribution in [3.63, 3.8) is 0 Å². The average molecular weight is 208 g/mol. The Kier molecular flexibility index (Phi) is 2.08. The maximum atomic E-state index is 11.7. The summed E-state index contributed by atoms with van der Waals surface area (Å²) in [5.74, 6) is 0. The minimum absolute atomic E-state index is 0.0957. The number of pyridine rings is 1. The van der Waals surface area contributed by atoms with Crippen LogP contribution in [0.1, 0.15) is 11.3 Å². The molecule has 1 N–H and O–H groups in total. The van der Waals surface area contributed by atoms with Gasteiger partial charge >= 0.3 is 0 Å². The molecule has 72 valence electrons. The van der Waals surface area contributed by atoms with E-state index in [1.165, 1.54) is 0 Å². The van der Waals surface area contributed by atoms with Crippen molar-refractivity contribution in [2.75, 3.05) is 0 Å². The topological polar surface area (TPSA) is 32.9 Å². The maximum absolute atomic E-state index is 11.7. The lowest BCUT2D eigenvalue weighted by atomic mass is 10.1. The van der Waals surface area contributed by atoms with Crippen molar-refractivity contribution in [1.82, 2.24) is 4.98 Å². The van der Waals surface area contributed by atoms with E-state index in [2.05, 4.69) is 4.98 Å². The van der Waals surface area contributed by atoms with E-state index in [0.29, 0.717) is 5.39 Å². The molecule has 0 radical (unpaired) electrons. The normalized spacial score (nSPS) is 10.8. The van der Waals surface area contributed by atoms with Crippen molar-refractivity contribution < 1.29 is 0 Å². The number of benzene rings is 1. The number of fused-ring (bicyclic) bond motifs is 1. The predicted molar refractivity (Wildman–Crippen MR) is 59.1 cm³/mol. The molecule has 0 aliphatic heterocycles. The van der Waals surface area contributed by atoms with Crippen LogP contribution in [0.25, 0.3) is 10.9 Å². The second-order valence-corrected chi connectivity index (χ2v) is 3.77. The molecule has 0 amide bonds. The predicted octanol–water partition coefficient (Wildman–Crippen LogP) is 2.80. The van der Waals surface area contributed by atoms with Gasteiger partial charge in [0.25, 0.3) is 0 Å². The second-order valence-electron chi connectivity index (χ2n) is 3.39. The second kappa shape index (κ2) is 3.14. The number of aromatic amines is 1. The first-order valence-electron chi connectivity index (χ1n) is 4.39. The van der Waals surface area contributed by atoms with Crippen LogP contribution < -0.4 is 5.43 Å². The summed E-state index contributed by atoms with van der Waals surface area (Å²) in [5.41, 5.74) is 2.55. The molecule has 0 saturated carbocycles. The maximum Gasteiger partial charge on any atom is 0.208 e. The van der Waals surface area contributed by atoms with Gasteiger partial charge in [-0.05, 0) is 25.5 Å². The quantitative estimate of drug-likeness (QED) is 0.708. The van der Waals surface area contributed by atoms with Crippen LogP contribution >= 0.6 is 11.6 Å². The van der Waals surface area contributed by atoms with E-state index in [1.54, 1.807) is 13.0 Å². The summed E-state index contributed by atoms with van der Waals surface area (Å²) in [4.78, 5) is 14.9. The Balaban J connectivity index is 3.06. The molecule has 2 nitrogen and oxygen atoms in total. The largest absolute Gasteiger partial charge is 0.357 e. The van der Waals surface area contributed by atoms with Gasteiger partial charge in [-0.15, -0.1) is 0 Å². The van der Waals surface area contributed by atoms with Crippen molar-refractivity contribution >= 4 is 22.5 Å². The van der Waals surface area contributed by atoms with Crippen molar-refractivity contribution in [2.45, 2.75) is 13.8 Å². The van der Waals surface area contributed by atoms with E-state index in [4.69, 9.17) is 11.6 Å². The van der Waals surface area contributed by atoms with Gasteiger partial charge < -0.3 is 4.98 Å². The Morgan fingerprint density at radius 1 is 1.29 bits per heavy atom. The third-order valence-corrected chi connectivity index (χ3v) is 2.81. The molecule has 0 spiro atoms. The van der Waals surface area contributed by atoms with Crippen molar-refractivity contribution in [1.29, 1.82) is 0 Å². The number of aromatic nitrogens is 1. The van der Waals surface area contributed by atoms with Gasteiger partial charge in [0, 0.05) is 11.1 Å². The molecule has 0 aliphatic carbocycles. The van der Waals surface area contributed by atoms with E-state index in [0.717, 1.165) is 16.8 Å². The van der Waals surface area contributed by atoms with Crippen LogP contribution in [0.5, 0.6) is 0 Å². The summed E-state index contributed by atoms with van der Waals surface area (Å²) >= 11 is 5.87. The highest BCUT2D eigenvalue weighted by Crippen LogP contribution is 2.17. The minimum Gasteiger partial charge on any atom is -0.357 e. The fraction of sp³-hybridized carbons (Fsp3) is 0.182. The Morgan fingerprint density at radius 3 is 2.71 bits per heavy atom. The number of aryl methyl sites for hydroxylation is 2. The van der Waals surface area contributed by atoms with Crippen molar-refractivity contribution in [2.24, 2.45) is 0 Å². The smallest absolute Gasteiger partial charge is 0.208 e. The van der Waals surface area contributed by atoms with Crippen LogP contribution in [-0.4, -0.2) is 4.98 Å². The molecular formula is C11H10ClNO. The van der Waals surface area contributed by atoms with Gasteiger partial charge in [-0.1, -0.05) is 23.7 Å². The molecule has 0 fully saturated rings. The highest BCUT2D eigenvalue weighted by molar-refractivity contribution is 6.31. The lowest BCUT2D eigenvalue weighted by Gasteiger charge is -2.04. The SMILES string of the molecule is Cc1[nH]c2c(C)cccc2c(=O)c1Cl.